The van der Waals surface area contributed by atoms with E-state index in [0.29, 0.717) is 22.4 Å². The van der Waals surface area contributed by atoms with Crippen LogP contribution in [-0.4, -0.2) is 33.0 Å². The number of halogens is 3. The molecule has 0 saturated heterocycles. The number of pyridine rings is 1. The van der Waals surface area contributed by atoms with E-state index >= 15 is 0 Å². The fourth-order valence-electron chi connectivity index (χ4n) is 3.23. The second-order valence-electron chi connectivity index (χ2n) is 6.74. The first kappa shape index (κ1) is 18.6. The summed E-state index contributed by atoms with van der Waals surface area (Å²) in [7, 11) is -3.34. The van der Waals surface area contributed by atoms with Crippen molar-refractivity contribution in [1.82, 2.24) is 4.98 Å². The van der Waals surface area contributed by atoms with Crippen LogP contribution in [0.5, 0.6) is 0 Å². The molecule has 1 aromatic heterocycles. The molecule has 0 N–H and O–H groups in total. The first-order valence-electron chi connectivity index (χ1n) is 8.04. The van der Waals surface area contributed by atoms with E-state index in [1.165, 1.54) is 24.3 Å². The van der Waals surface area contributed by atoms with Crippen LogP contribution in [0.1, 0.15) is 24.1 Å². The fourth-order valence-corrected chi connectivity index (χ4v) is 3.86. The van der Waals surface area contributed by atoms with Crippen LogP contribution in [0.4, 0.5) is 13.2 Å². The standard InChI is InChI=1S/C19H18F3NO2S/c1-26(24,25)15-5-2-13(3-6-15)16-8-19(11-20,12-21)9-17(16)18-7-4-14(22)10-23-18/h2-7,10H,8-9,11-12H2,1H3. The molecule has 1 heterocycles. The minimum Gasteiger partial charge on any atom is -0.254 e. The van der Waals surface area contributed by atoms with E-state index < -0.39 is 34.4 Å². The van der Waals surface area contributed by atoms with Crippen molar-refractivity contribution in [1.29, 1.82) is 0 Å². The Morgan fingerprint density at radius 3 is 2.12 bits per heavy atom. The summed E-state index contributed by atoms with van der Waals surface area (Å²) < 4.78 is 63.6. The van der Waals surface area contributed by atoms with Gasteiger partial charge in [0.2, 0.25) is 0 Å². The Bertz CT molecular complexity index is 932. The van der Waals surface area contributed by atoms with Gasteiger partial charge in [-0.2, -0.15) is 0 Å². The molecule has 0 aliphatic heterocycles. The van der Waals surface area contributed by atoms with Crippen LogP contribution in [0.15, 0.2) is 47.5 Å². The summed E-state index contributed by atoms with van der Waals surface area (Å²) >= 11 is 0. The van der Waals surface area contributed by atoms with E-state index in [1.54, 1.807) is 12.1 Å². The highest BCUT2D eigenvalue weighted by atomic mass is 32.2. The average Bonchev–Trinajstić information content (AvgIpc) is 3.02. The lowest BCUT2D eigenvalue weighted by atomic mass is 9.86. The van der Waals surface area contributed by atoms with Crippen LogP contribution in [0.3, 0.4) is 0 Å². The monoisotopic (exact) mass is 381 g/mol. The highest BCUT2D eigenvalue weighted by Gasteiger charge is 2.40. The van der Waals surface area contributed by atoms with Crippen molar-refractivity contribution in [2.75, 3.05) is 19.6 Å². The van der Waals surface area contributed by atoms with E-state index in [0.717, 1.165) is 12.5 Å². The lowest BCUT2D eigenvalue weighted by Gasteiger charge is -2.22. The third kappa shape index (κ3) is 3.53. The quantitative estimate of drug-likeness (QED) is 0.778. The first-order chi connectivity index (χ1) is 12.3. The molecule has 1 aliphatic carbocycles. The summed E-state index contributed by atoms with van der Waals surface area (Å²) in [4.78, 5) is 4.22. The van der Waals surface area contributed by atoms with Crippen molar-refractivity contribution in [2.24, 2.45) is 5.41 Å². The van der Waals surface area contributed by atoms with Gasteiger partial charge in [0.25, 0.3) is 0 Å². The molecule has 1 aromatic carbocycles. The lowest BCUT2D eigenvalue weighted by Crippen LogP contribution is -2.22. The van der Waals surface area contributed by atoms with Crippen LogP contribution in [0.2, 0.25) is 0 Å². The average molecular weight is 381 g/mol. The van der Waals surface area contributed by atoms with Crippen LogP contribution >= 0.6 is 0 Å². The molecule has 0 radical (unpaired) electrons. The maximum atomic E-state index is 13.6. The molecule has 138 valence electrons. The van der Waals surface area contributed by atoms with Gasteiger partial charge in [-0.3, -0.25) is 13.8 Å². The van der Waals surface area contributed by atoms with Gasteiger partial charge in [0, 0.05) is 11.7 Å². The summed E-state index contributed by atoms with van der Waals surface area (Å²) in [5, 5.41) is 0. The molecule has 1 aliphatic rings. The van der Waals surface area contributed by atoms with Crippen LogP contribution in [0, 0.1) is 11.2 Å². The second-order valence-corrected chi connectivity index (χ2v) is 8.75. The number of sulfone groups is 1. The Kier molecular flexibility index (Phi) is 4.92. The van der Waals surface area contributed by atoms with E-state index in [2.05, 4.69) is 4.98 Å². The summed E-state index contributed by atoms with van der Waals surface area (Å²) in [5.74, 6) is -0.492. The maximum absolute atomic E-state index is 13.6. The molecule has 0 fully saturated rings. The van der Waals surface area contributed by atoms with Crippen LogP contribution in [0.25, 0.3) is 11.1 Å². The predicted octanol–water partition coefficient (Wildman–Crippen LogP) is 4.25. The minimum absolute atomic E-state index is 0.155. The number of allylic oxidation sites excluding steroid dienone is 2. The van der Waals surface area contributed by atoms with E-state index in [9.17, 15) is 21.6 Å². The van der Waals surface area contributed by atoms with Gasteiger partial charge in [0.15, 0.2) is 9.84 Å². The molecular formula is C19H18F3NO2S. The van der Waals surface area contributed by atoms with E-state index in [-0.39, 0.29) is 17.7 Å². The molecule has 0 amide bonds. The Labute approximate surface area is 150 Å². The Morgan fingerprint density at radius 2 is 1.62 bits per heavy atom. The zero-order valence-corrected chi connectivity index (χ0v) is 15.0. The number of hydrogen-bond acceptors (Lipinski definition) is 3. The van der Waals surface area contributed by atoms with Crippen LogP contribution < -0.4 is 0 Å². The van der Waals surface area contributed by atoms with Crippen molar-refractivity contribution >= 4 is 21.0 Å². The van der Waals surface area contributed by atoms with Gasteiger partial charge < -0.3 is 0 Å². The Hall–Kier alpha value is -2.15. The second kappa shape index (κ2) is 6.87. The number of nitrogens with zero attached hydrogens (tertiary/aromatic N) is 1. The first-order valence-corrected chi connectivity index (χ1v) is 9.93. The summed E-state index contributed by atoms with van der Waals surface area (Å²) in [6, 6.07) is 8.94. The van der Waals surface area contributed by atoms with Crippen molar-refractivity contribution in [3.05, 3.63) is 59.7 Å². The molecular weight excluding hydrogens is 363 g/mol. The number of rotatable bonds is 5. The van der Waals surface area contributed by atoms with Gasteiger partial charge in [-0.15, -0.1) is 0 Å². The van der Waals surface area contributed by atoms with E-state index in [4.69, 9.17) is 0 Å². The van der Waals surface area contributed by atoms with E-state index in [1.807, 2.05) is 0 Å². The molecule has 0 bridgehead atoms. The maximum Gasteiger partial charge on any atom is 0.175 e. The van der Waals surface area contributed by atoms with Gasteiger partial charge in [-0.1, -0.05) is 12.1 Å². The molecule has 3 nitrogen and oxygen atoms in total. The van der Waals surface area contributed by atoms with Crippen molar-refractivity contribution in [2.45, 2.75) is 17.7 Å². The molecule has 0 unspecified atom stereocenters. The fraction of sp³-hybridized carbons (Fsp3) is 0.316. The largest absolute Gasteiger partial charge is 0.254 e. The number of alkyl halides is 2. The van der Waals surface area contributed by atoms with Gasteiger partial charge in [0.1, 0.15) is 5.82 Å². The van der Waals surface area contributed by atoms with Gasteiger partial charge in [0.05, 0.1) is 30.1 Å². The molecule has 26 heavy (non-hydrogen) atoms. The van der Waals surface area contributed by atoms with Crippen molar-refractivity contribution in [3.63, 3.8) is 0 Å². The van der Waals surface area contributed by atoms with Crippen molar-refractivity contribution < 1.29 is 21.6 Å². The van der Waals surface area contributed by atoms with Gasteiger partial charge >= 0.3 is 0 Å². The highest BCUT2D eigenvalue weighted by molar-refractivity contribution is 7.90. The normalized spacial score (nSPS) is 16.9. The number of aromatic nitrogens is 1. The predicted molar refractivity (Wildman–Crippen MR) is 94.2 cm³/mol. The third-order valence-electron chi connectivity index (χ3n) is 4.70. The topological polar surface area (TPSA) is 47.0 Å². The molecule has 7 heteroatoms. The highest BCUT2D eigenvalue weighted by Crippen LogP contribution is 2.50. The van der Waals surface area contributed by atoms with Crippen molar-refractivity contribution in [3.8, 4) is 0 Å². The van der Waals surface area contributed by atoms with Crippen LogP contribution in [-0.2, 0) is 9.84 Å². The Balaban J connectivity index is 2.09. The molecule has 2 aromatic rings. The summed E-state index contributed by atoms with van der Waals surface area (Å²) in [5.41, 5.74) is 1.36. The molecule has 0 saturated carbocycles. The Morgan fingerprint density at radius 1 is 1.00 bits per heavy atom. The third-order valence-corrected chi connectivity index (χ3v) is 5.83. The molecule has 0 spiro atoms. The zero-order chi connectivity index (χ0) is 18.9. The minimum atomic E-state index is -3.34. The summed E-state index contributed by atoms with van der Waals surface area (Å²) in [6.07, 6.45) is 2.51. The molecule has 0 atom stereocenters. The smallest absolute Gasteiger partial charge is 0.175 e. The molecule has 3 rings (SSSR count). The zero-order valence-electron chi connectivity index (χ0n) is 14.2. The van der Waals surface area contributed by atoms with Gasteiger partial charge in [-0.05, 0) is 53.8 Å². The summed E-state index contributed by atoms with van der Waals surface area (Å²) in [6.45, 7) is -1.64. The van der Waals surface area contributed by atoms with Gasteiger partial charge in [-0.25, -0.2) is 12.8 Å². The SMILES string of the molecule is CS(=O)(=O)c1ccc(C2=C(c3ccc(F)cn3)CC(CF)(CF)C2)cc1. The number of benzene rings is 1. The lowest BCUT2D eigenvalue weighted by molar-refractivity contribution is 0.170. The number of hydrogen-bond donors (Lipinski definition) is 0.